The number of carboxylic acids is 1. The van der Waals surface area contributed by atoms with Crippen LogP contribution in [0.4, 0.5) is 0 Å². The van der Waals surface area contributed by atoms with Crippen LogP contribution in [-0.2, 0) is 11.8 Å². The summed E-state index contributed by atoms with van der Waals surface area (Å²) in [5, 5.41) is 13.6. The lowest BCUT2D eigenvalue weighted by Gasteiger charge is -2.17. The Balaban J connectivity index is 2.08. The van der Waals surface area contributed by atoms with Crippen molar-refractivity contribution in [2.45, 2.75) is 12.5 Å². The molecule has 20 heavy (non-hydrogen) atoms. The van der Waals surface area contributed by atoms with Crippen molar-refractivity contribution in [3.05, 3.63) is 30.0 Å². The van der Waals surface area contributed by atoms with Crippen molar-refractivity contribution in [3.8, 4) is 5.75 Å². The molecule has 0 amide bonds. The SMILES string of the molecule is COc1ccc2c(ccn2C)c1C1CC(C(=O)O)CN1. The molecule has 1 aromatic carbocycles. The standard InChI is InChI=1S/C15H18N2O3/c1-17-6-5-10-12(17)3-4-13(20-2)14(10)11-7-9(8-16-11)15(18)19/h3-6,9,11,16H,7-8H2,1-2H3,(H,18,19). The first kappa shape index (κ1) is 13.0. The summed E-state index contributed by atoms with van der Waals surface area (Å²) >= 11 is 0. The normalized spacial score (nSPS) is 22.3. The van der Waals surface area contributed by atoms with Crippen LogP contribution >= 0.6 is 0 Å². The fraction of sp³-hybridized carbons (Fsp3) is 0.400. The molecule has 5 nitrogen and oxygen atoms in total. The Hall–Kier alpha value is -2.01. The van der Waals surface area contributed by atoms with Gasteiger partial charge in [-0.1, -0.05) is 0 Å². The van der Waals surface area contributed by atoms with Crippen LogP contribution in [0.25, 0.3) is 10.9 Å². The molecule has 0 saturated carbocycles. The molecule has 2 atom stereocenters. The lowest BCUT2D eigenvalue weighted by Crippen LogP contribution is -2.17. The second kappa shape index (κ2) is 4.83. The summed E-state index contributed by atoms with van der Waals surface area (Å²) in [5.41, 5.74) is 2.19. The highest BCUT2D eigenvalue weighted by atomic mass is 16.5. The Morgan fingerprint density at radius 2 is 2.25 bits per heavy atom. The summed E-state index contributed by atoms with van der Waals surface area (Å²) in [6.07, 6.45) is 2.61. The van der Waals surface area contributed by atoms with E-state index in [1.807, 2.05) is 25.4 Å². The molecule has 2 unspecified atom stereocenters. The number of benzene rings is 1. The molecule has 2 aromatic rings. The van der Waals surface area contributed by atoms with Crippen LogP contribution in [0.1, 0.15) is 18.0 Å². The number of rotatable bonds is 3. The Morgan fingerprint density at radius 1 is 1.45 bits per heavy atom. The monoisotopic (exact) mass is 274 g/mol. The smallest absolute Gasteiger partial charge is 0.307 e. The van der Waals surface area contributed by atoms with Gasteiger partial charge in [0.25, 0.3) is 0 Å². The number of hydrogen-bond donors (Lipinski definition) is 2. The van der Waals surface area contributed by atoms with Crippen molar-refractivity contribution in [1.29, 1.82) is 0 Å². The molecule has 1 saturated heterocycles. The average Bonchev–Trinajstić information content (AvgIpc) is 3.05. The van der Waals surface area contributed by atoms with E-state index in [1.165, 1.54) is 0 Å². The van der Waals surface area contributed by atoms with Crippen LogP contribution in [0, 0.1) is 5.92 Å². The second-order valence-corrected chi connectivity index (χ2v) is 5.27. The van der Waals surface area contributed by atoms with E-state index in [1.54, 1.807) is 7.11 Å². The van der Waals surface area contributed by atoms with E-state index in [2.05, 4.69) is 16.0 Å². The van der Waals surface area contributed by atoms with Crippen LogP contribution in [0.5, 0.6) is 5.75 Å². The van der Waals surface area contributed by atoms with Gasteiger partial charge in [0.05, 0.1) is 13.0 Å². The predicted molar refractivity (Wildman–Crippen MR) is 76.0 cm³/mol. The molecule has 3 rings (SSSR count). The molecular weight excluding hydrogens is 256 g/mol. The van der Waals surface area contributed by atoms with Crippen molar-refractivity contribution in [3.63, 3.8) is 0 Å². The number of fused-ring (bicyclic) bond motifs is 1. The van der Waals surface area contributed by atoms with Gasteiger partial charge in [-0.2, -0.15) is 0 Å². The number of carboxylic acid groups (broad SMARTS) is 1. The minimum absolute atomic E-state index is 0.0251. The number of carbonyl (C=O) groups is 1. The third-order valence-corrected chi connectivity index (χ3v) is 4.12. The summed E-state index contributed by atoms with van der Waals surface area (Å²) in [7, 11) is 3.65. The molecule has 106 valence electrons. The number of aliphatic carboxylic acids is 1. The Labute approximate surface area is 117 Å². The average molecular weight is 274 g/mol. The van der Waals surface area contributed by atoms with Crippen molar-refractivity contribution < 1.29 is 14.6 Å². The number of methoxy groups -OCH3 is 1. The molecule has 2 heterocycles. The van der Waals surface area contributed by atoms with Crippen molar-refractivity contribution in [2.75, 3.05) is 13.7 Å². The molecule has 0 bridgehead atoms. The summed E-state index contributed by atoms with van der Waals surface area (Å²) < 4.78 is 7.53. The zero-order valence-electron chi connectivity index (χ0n) is 11.6. The molecule has 1 fully saturated rings. The van der Waals surface area contributed by atoms with E-state index in [0.717, 1.165) is 22.2 Å². The number of ether oxygens (including phenoxy) is 1. The lowest BCUT2D eigenvalue weighted by atomic mass is 9.96. The molecule has 2 N–H and O–H groups in total. The number of hydrogen-bond acceptors (Lipinski definition) is 3. The summed E-state index contributed by atoms with van der Waals surface area (Å²) in [6, 6.07) is 6.06. The van der Waals surface area contributed by atoms with Gasteiger partial charge in [0, 0.05) is 42.3 Å². The van der Waals surface area contributed by atoms with E-state index in [9.17, 15) is 4.79 Å². The molecule has 5 heteroatoms. The van der Waals surface area contributed by atoms with Crippen LogP contribution in [0.2, 0.25) is 0 Å². The predicted octanol–water partition coefficient (Wildman–Crippen LogP) is 1.92. The van der Waals surface area contributed by atoms with Gasteiger partial charge in [-0.15, -0.1) is 0 Å². The van der Waals surface area contributed by atoms with E-state index in [-0.39, 0.29) is 12.0 Å². The first-order valence-electron chi connectivity index (χ1n) is 6.70. The lowest BCUT2D eigenvalue weighted by molar-refractivity contribution is -0.141. The molecule has 1 aliphatic rings. The van der Waals surface area contributed by atoms with E-state index < -0.39 is 5.97 Å². The molecule has 0 spiro atoms. The van der Waals surface area contributed by atoms with Crippen molar-refractivity contribution in [2.24, 2.45) is 13.0 Å². The maximum atomic E-state index is 11.1. The summed E-state index contributed by atoms with van der Waals surface area (Å²) in [6.45, 7) is 0.506. The Morgan fingerprint density at radius 3 is 2.90 bits per heavy atom. The van der Waals surface area contributed by atoms with Gasteiger partial charge in [-0.05, 0) is 24.6 Å². The maximum absolute atomic E-state index is 11.1. The number of nitrogens with one attached hydrogen (secondary N) is 1. The summed E-state index contributed by atoms with van der Waals surface area (Å²) in [4.78, 5) is 11.1. The van der Waals surface area contributed by atoms with E-state index in [0.29, 0.717) is 13.0 Å². The van der Waals surface area contributed by atoms with Gasteiger partial charge in [0.2, 0.25) is 0 Å². The highest BCUT2D eigenvalue weighted by Gasteiger charge is 2.32. The number of nitrogens with zero attached hydrogens (tertiary/aromatic N) is 1. The van der Waals surface area contributed by atoms with Gasteiger partial charge >= 0.3 is 5.97 Å². The number of aromatic nitrogens is 1. The van der Waals surface area contributed by atoms with E-state index in [4.69, 9.17) is 9.84 Å². The van der Waals surface area contributed by atoms with Crippen molar-refractivity contribution in [1.82, 2.24) is 9.88 Å². The van der Waals surface area contributed by atoms with Crippen LogP contribution < -0.4 is 10.1 Å². The van der Waals surface area contributed by atoms with Gasteiger partial charge < -0.3 is 19.7 Å². The highest BCUT2D eigenvalue weighted by Crippen LogP contribution is 2.38. The molecular formula is C15H18N2O3. The van der Waals surface area contributed by atoms with Gasteiger partial charge in [-0.3, -0.25) is 4.79 Å². The first-order chi connectivity index (χ1) is 9.61. The zero-order chi connectivity index (χ0) is 14.3. The van der Waals surface area contributed by atoms with Crippen LogP contribution in [0.15, 0.2) is 24.4 Å². The maximum Gasteiger partial charge on any atom is 0.307 e. The second-order valence-electron chi connectivity index (χ2n) is 5.27. The molecule has 0 radical (unpaired) electrons. The van der Waals surface area contributed by atoms with E-state index >= 15 is 0 Å². The third-order valence-electron chi connectivity index (χ3n) is 4.12. The molecule has 1 aliphatic heterocycles. The summed E-state index contributed by atoms with van der Waals surface area (Å²) in [5.74, 6) is -0.255. The molecule has 0 aliphatic carbocycles. The van der Waals surface area contributed by atoms with Gasteiger partial charge in [0.15, 0.2) is 0 Å². The Kier molecular flexibility index (Phi) is 3.14. The van der Waals surface area contributed by atoms with Crippen LogP contribution in [0.3, 0.4) is 0 Å². The fourth-order valence-electron chi connectivity index (χ4n) is 3.04. The van der Waals surface area contributed by atoms with Gasteiger partial charge in [0.1, 0.15) is 5.75 Å². The topological polar surface area (TPSA) is 63.5 Å². The fourth-order valence-corrected chi connectivity index (χ4v) is 3.04. The molecule has 1 aromatic heterocycles. The quantitative estimate of drug-likeness (QED) is 0.897. The first-order valence-corrected chi connectivity index (χ1v) is 6.70. The number of aryl methyl sites for hydroxylation is 1. The largest absolute Gasteiger partial charge is 0.496 e. The zero-order valence-corrected chi connectivity index (χ0v) is 11.6. The highest BCUT2D eigenvalue weighted by molar-refractivity contribution is 5.86. The van der Waals surface area contributed by atoms with Gasteiger partial charge in [-0.25, -0.2) is 0 Å². The van der Waals surface area contributed by atoms with Crippen LogP contribution in [-0.4, -0.2) is 29.3 Å². The van der Waals surface area contributed by atoms with Crippen molar-refractivity contribution >= 4 is 16.9 Å². The minimum Gasteiger partial charge on any atom is -0.496 e. The third kappa shape index (κ3) is 1.94. The Bertz CT molecular complexity index is 662. The minimum atomic E-state index is -0.737.